The molecule has 0 bridgehead atoms. The zero-order valence-electron chi connectivity index (χ0n) is 8.82. The smallest absolute Gasteiger partial charge is 0.0949 e. The van der Waals surface area contributed by atoms with E-state index in [0.717, 1.165) is 31.9 Å². The van der Waals surface area contributed by atoms with Crippen molar-refractivity contribution in [3.63, 3.8) is 0 Å². The molecule has 0 aromatic carbocycles. The van der Waals surface area contributed by atoms with Crippen LogP contribution in [0.25, 0.3) is 0 Å². The van der Waals surface area contributed by atoms with Gasteiger partial charge in [-0.25, -0.2) is 4.98 Å². The number of imidazole rings is 1. The molecular weight excluding hydrogens is 162 g/mol. The van der Waals surface area contributed by atoms with Gasteiger partial charge in [-0.15, -0.1) is 0 Å². The maximum absolute atomic E-state index is 4.19. The van der Waals surface area contributed by atoms with E-state index in [1.807, 2.05) is 13.3 Å². The Morgan fingerprint density at radius 1 is 1.38 bits per heavy atom. The minimum atomic E-state index is 1.04. The third kappa shape index (κ3) is 3.19. The summed E-state index contributed by atoms with van der Waals surface area (Å²) in [5.74, 6) is 0. The van der Waals surface area contributed by atoms with Crippen molar-refractivity contribution >= 4 is 0 Å². The molecule has 1 aromatic rings. The van der Waals surface area contributed by atoms with Crippen LogP contribution in [0.3, 0.4) is 0 Å². The fourth-order valence-corrected chi connectivity index (χ4v) is 1.39. The molecule has 1 rings (SSSR count). The second-order valence-corrected chi connectivity index (χ2v) is 3.28. The predicted octanol–water partition coefficient (Wildman–Crippen LogP) is 1.53. The zero-order chi connectivity index (χ0) is 9.68. The SMILES string of the molecule is CCN(CC)CCn1cnc(C)c1. The molecule has 0 amide bonds. The van der Waals surface area contributed by atoms with E-state index in [-0.39, 0.29) is 0 Å². The Bertz CT molecular complexity index is 238. The molecule has 0 saturated heterocycles. The first-order valence-corrected chi connectivity index (χ1v) is 4.97. The normalized spacial score (nSPS) is 11.1. The summed E-state index contributed by atoms with van der Waals surface area (Å²) in [5, 5.41) is 0. The average Bonchev–Trinajstić information content (AvgIpc) is 2.53. The largest absolute Gasteiger partial charge is 0.336 e. The molecule has 0 radical (unpaired) electrons. The first-order chi connectivity index (χ1) is 6.26. The van der Waals surface area contributed by atoms with E-state index >= 15 is 0 Å². The van der Waals surface area contributed by atoms with Crippen molar-refractivity contribution in [1.82, 2.24) is 14.5 Å². The molecule has 3 heteroatoms. The van der Waals surface area contributed by atoms with Crippen molar-refractivity contribution in [1.29, 1.82) is 0 Å². The lowest BCUT2D eigenvalue weighted by molar-refractivity contribution is 0.290. The van der Waals surface area contributed by atoms with Crippen LogP contribution in [-0.4, -0.2) is 34.1 Å². The van der Waals surface area contributed by atoms with Crippen LogP contribution in [0.2, 0.25) is 0 Å². The van der Waals surface area contributed by atoms with Crippen LogP contribution in [0.15, 0.2) is 12.5 Å². The number of likely N-dealkylation sites (N-methyl/N-ethyl adjacent to an activating group) is 1. The van der Waals surface area contributed by atoms with Gasteiger partial charge in [0.25, 0.3) is 0 Å². The molecule has 1 aromatic heterocycles. The van der Waals surface area contributed by atoms with E-state index in [9.17, 15) is 0 Å². The summed E-state index contributed by atoms with van der Waals surface area (Å²) in [7, 11) is 0. The third-order valence-corrected chi connectivity index (χ3v) is 2.33. The van der Waals surface area contributed by atoms with Gasteiger partial charge in [-0.2, -0.15) is 0 Å². The van der Waals surface area contributed by atoms with E-state index < -0.39 is 0 Å². The quantitative estimate of drug-likeness (QED) is 0.687. The Morgan fingerprint density at radius 3 is 2.54 bits per heavy atom. The number of aromatic nitrogens is 2. The Labute approximate surface area is 80.4 Å². The summed E-state index contributed by atoms with van der Waals surface area (Å²) >= 11 is 0. The lowest BCUT2D eigenvalue weighted by Crippen LogP contribution is -2.26. The summed E-state index contributed by atoms with van der Waals surface area (Å²) in [6.45, 7) is 10.8. The molecule has 0 aliphatic carbocycles. The molecule has 74 valence electrons. The highest BCUT2D eigenvalue weighted by molar-refractivity contribution is 4.92. The minimum absolute atomic E-state index is 1.04. The number of hydrogen-bond donors (Lipinski definition) is 0. The number of hydrogen-bond acceptors (Lipinski definition) is 2. The van der Waals surface area contributed by atoms with Gasteiger partial charge in [-0.3, -0.25) is 0 Å². The van der Waals surface area contributed by atoms with Gasteiger partial charge in [0.2, 0.25) is 0 Å². The molecule has 0 aliphatic heterocycles. The molecule has 0 unspecified atom stereocenters. The van der Waals surface area contributed by atoms with Crippen LogP contribution in [0.1, 0.15) is 19.5 Å². The molecule has 0 spiro atoms. The number of nitrogens with zero attached hydrogens (tertiary/aromatic N) is 3. The molecule has 0 fully saturated rings. The monoisotopic (exact) mass is 181 g/mol. The van der Waals surface area contributed by atoms with Crippen LogP contribution >= 0.6 is 0 Å². The highest BCUT2D eigenvalue weighted by Crippen LogP contribution is 1.95. The second-order valence-electron chi connectivity index (χ2n) is 3.28. The molecule has 3 nitrogen and oxygen atoms in total. The molecule has 0 atom stereocenters. The van der Waals surface area contributed by atoms with Crippen LogP contribution in [0.5, 0.6) is 0 Å². The summed E-state index contributed by atoms with van der Waals surface area (Å²) < 4.78 is 2.15. The first kappa shape index (κ1) is 10.3. The van der Waals surface area contributed by atoms with Crippen molar-refractivity contribution in [2.75, 3.05) is 19.6 Å². The first-order valence-electron chi connectivity index (χ1n) is 4.97. The standard InChI is InChI=1S/C10H19N3/c1-4-12(5-2)6-7-13-8-10(3)11-9-13/h8-9H,4-7H2,1-3H3. The van der Waals surface area contributed by atoms with E-state index in [1.165, 1.54) is 0 Å². The maximum atomic E-state index is 4.19. The minimum Gasteiger partial charge on any atom is -0.336 e. The van der Waals surface area contributed by atoms with Gasteiger partial charge in [0.1, 0.15) is 0 Å². The topological polar surface area (TPSA) is 21.1 Å². The van der Waals surface area contributed by atoms with Crippen molar-refractivity contribution in [3.05, 3.63) is 18.2 Å². The fraction of sp³-hybridized carbons (Fsp3) is 0.700. The lowest BCUT2D eigenvalue weighted by atomic mass is 10.4. The van der Waals surface area contributed by atoms with Crippen LogP contribution in [0.4, 0.5) is 0 Å². The summed E-state index contributed by atoms with van der Waals surface area (Å²) in [4.78, 5) is 6.60. The molecule has 13 heavy (non-hydrogen) atoms. The van der Waals surface area contributed by atoms with Crippen molar-refractivity contribution < 1.29 is 0 Å². The van der Waals surface area contributed by atoms with Gasteiger partial charge in [0.05, 0.1) is 12.0 Å². The van der Waals surface area contributed by atoms with Gasteiger partial charge in [-0.05, 0) is 20.0 Å². The van der Waals surface area contributed by atoms with Crippen molar-refractivity contribution in [2.45, 2.75) is 27.3 Å². The molecule has 0 N–H and O–H groups in total. The van der Waals surface area contributed by atoms with E-state index in [2.05, 4.69) is 34.5 Å². The fourth-order valence-electron chi connectivity index (χ4n) is 1.39. The second kappa shape index (κ2) is 5.02. The third-order valence-electron chi connectivity index (χ3n) is 2.33. The van der Waals surface area contributed by atoms with E-state index in [4.69, 9.17) is 0 Å². The number of aryl methyl sites for hydroxylation is 1. The highest BCUT2D eigenvalue weighted by atomic mass is 15.1. The molecule has 1 heterocycles. The summed E-state index contributed by atoms with van der Waals surface area (Å²) in [6.07, 6.45) is 3.99. The maximum Gasteiger partial charge on any atom is 0.0949 e. The van der Waals surface area contributed by atoms with Gasteiger partial charge < -0.3 is 9.47 Å². The molecular formula is C10H19N3. The van der Waals surface area contributed by atoms with Gasteiger partial charge in [0, 0.05) is 19.3 Å². The van der Waals surface area contributed by atoms with Crippen LogP contribution in [0, 0.1) is 6.92 Å². The Balaban J connectivity index is 2.33. The lowest BCUT2D eigenvalue weighted by Gasteiger charge is -2.17. The van der Waals surface area contributed by atoms with E-state index in [0.29, 0.717) is 0 Å². The van der Waals surface area contributed by atoms with Gasteiger partial charge in [-0.1, -0.05) is 13.8 Å². The summed E-state index contributed by atoms with van der Waals surface area (Å²) in [5.41, 5.74) is 1.10. The van der Waals surface area contributed by atoms with Crippen LogP contribution in [-0.2, 0) is 6.54 Å². The molecule has 0 saturated carbocycles. The predicted molar refractivity (Wildman–Crippen MR) is 54.8 cm³/mol. The Hall–Kier alpha value is -0.830. The summed E-state index contributed by atoms with van der Waals surface area (Å²) in [6, 6.07) is 0. The molecule has 0 aliphatic rings. The Morgan fingerprint density at radius 2 is 2.08 bits per heavy atom. The van der Waals surface area contributed by atoms with Gasteiger partial charge in [0.15, 0.2) is 0 Å². The van der Waals surface area contributed by atoms with Crippen molar-refractivity contribution in [3.8, 4) is 0 Å². The zero-order valence-corrected chi connectivity index (χ0v) is 8.82. The Kier molecular flexibility index (Phi) is 3.96. The van der Waals surface area contributed by atoms with Gasteiger partial charge >= 0.3 is 0 Å². The number of rotatable bonds is 5. The van der Waals surface area contributed by atoms with E-state index in [1.54, 1.807) is 0 Å². The van der Waals surface area contributed by atoms with Crippen molar-refractivity contribution in [2.24, 2.45) is 0 Å². The average molecular weight is 181 g/mol. The van der Waals surface area contributed by atoms with Crippen LogP contribution < -0.4 is 0 Å². The highest BCUT2D eigenvalue weighted by Gasteiger charge is 1.99.